The van der Waals surface area contributed by atoms with Gasteiger partial charge in [0.1, 0.15) is 17.7 Å². The smallest absolute Gasteiger partial charge is 0.222 e. The summed E-state index contributed by atoms with van der Waals surface area (Å²) < 4.78 is 6.32. The third-order valence-electron chi connectivity index (χ3n) is 6.33. The summed E-state index contributed by atoms with van der Waals surface area (Å²) in [6, 6.07) is 0. The summed E-state index contributed by atoms with van der Waals surface area (Å²) in [5.74, 6) is 3.17. The number of nitrogens with zero attached hydrogens (tertiary/aromatic N) is 4. The van der Waals surface area contributed by atoms with E-state index in [1.54, 1.807) is 0 Å². The lowest BCUT2D eigenvalue weighted by molar-refractivity contribution is 0.0793. The third kappa shape index (κ3) is 2.49. The van der Waals surface area contributed by atoms with Gasteiger partial charge in [0.15, 0.2) is 0 Å². The maximum Gasteiger partial charge on any atom is 0.222 e. The number of hydrogen-bond donors (Lipinski definition) is 1. The Kier molecular flexibility index (Phi) is 3.62. The van der Waals surface area contributed by atoms with Crippen LogP contribution in [0.25, 0.3) is 5.57 Å². The van der Waals surface area contributed by atoms with Crippen LogP contribution in [0.1, 0.15) is 43.4 Å². The van der Waals surface area contributed by atoms with E-state index in [-0.39, 0.29) is 0 Å². The first-order valence-electron chi connectivity index (χ1n) is 9.70. The van der Waals surface area contributed by atoms with E-state index in [2.05, 4.69) is 21.8 Å². The molecule has 0 radical (unpaired) electrons. The van der Waals surface area contributed by atoms with Gasteiger partial charge < -0.3 is 20.3 Å². The van der Waals surface area contributed by atoms with E-state index >= 15 is 0 Å². The monoisotopic (exact) mass is 341 g/mol. The predicted octanol–water partition coefficient (Wildman–Crippen LogP) is 2.06. The highest BCUT2D eigenvalue weighted by molar-refractivity contribution is 5.77. The molecule has 4 aliphatic rings. The van der Waals surface area contributed by atoms with Crippen molar-refractivity contribution in [3.8, 4) is 0 Å². The minimum Gasteiger partial charge on any atom is -0.494 e. The number of nitrogens with two attached hydrogens (primary N) is 1. The van der Waals surface area contributed by atoms with Crippen molar-refractivity contribution in [2.24, 2.45) is 5.92 Å². The Morgan fingerprint density at radius 1 is 1.04 bits per heavy atom. The summed E-state index contributed by atoms with van der Waals surface area (Å²) >= 11 is 0. The van der Waals surface area contributed by atoms with Crippen molar-refractivity contribution >= 4 is 17.3 Å². The van der Waals surface area contributed by atoms with Gasteiger partial charge in [0, 0.05) is 49.7 Å². The number of piperazine rings is 1. The SMILES string of the molecule is CN1CCN(c2nc(N)nc3c2CCC2=C3C3CCCCC3O2)CC1. The van der Waals surface area contributed by atoms with E-state index in [4.69, 9.17) is 15.5 Å². The number of anilines is 2. The van der Waals surface area contributed by atoms with Crippen LogP contribution in [0, 0.1) is 5.92 Å². The van der Waals surface area contributed by atoms with Gasteiger partial charge in [-0.1, -0.05) is 6.42 Å². The van der Waals surface area contributed by atoms with Gasteiger partial charge in [-0.25, -0.2) is 4.98 Å². The predicted molar refractivity (Wildman–Crippen MR) is 98.2 cm³/mol. The number of hydrogen-bond acceptors (Lipinski definition) is 6. The van der Waals surface area contributed by atoms with E-state index in [1.165, 1.54) is 42.6 Å². The summed E-state index contributed by atoms with van der Waals surface area (Å²) in [6.07, 6.45) is 7.30. The molecule has 1 aromatic heterocycles. The number of nitrogen functional groups attached to an aromatic ring is 1. The molecule has 0 bridgehead atoms. The molecular formula is C19H27N5O. The highest BCUT2D eigenvalue weighted by Crippen LogP contribution is 2.50. The summed E-state index contributed by atoms with van der Waals surface area (Å²) in [6.45, 7) is 4.16. The number of likely N-dealkylation sites (N-methyl/N-ethyl adjacent to an activating group) is 1. The maximum absolute atomic E-state index is 6.32. The van der Waals surface area contributed by atoms with Gasteiger partial charge in [0.2, 0.25) is 5.95 Å². The molecule has 6 nitrogen and oxygen atoms in total. The van der Waals surface area contributed by atoms with Crippen LogP contribution in [-0.4, -0.2) is 54.2 Å². The zero-order valence-corrected chi connectivity index (χ0v) is 15.0. The van der Waals surface area contributed by atoms with Crippen LogP contribution >= 0.6 is 0 Å². The average molecular weight is 341 g/mol. The fourth-order valence-electron chi connectivity index (χ4n) is 4.98. The average Bonchev–Trinajstić information content (AvgIpc) is 3.00. The zero-order valence-electron chi connectivity index (χ0n) is 15.0. The number of aromatic nitrogens is 2. The fourth-order valence-corrected chi connectivity index (χ4v) is 4.98. The Labute approximate surface area is 149 Å². The van der Waals surface area contributed by atoms with E-state index in [1.807, 2.05) is 0 Å². The Morgan fingerprint density at radius 3 is 2.68 bits per heavy atom. The molecule has 2 fully saturated rings. The molecule has 1 saturated heterocycles. The van der Waals surface area contributed by atoms with Crippen molar-refractivity contribution in [3.63, 3.8) is 0 Å². The van der Waals surface area contributed by atoms with Crippen molar-refractivity contribution < 1.29 is 4.74 Å². The molecule has 0 aromatic carbocycles. The first kappa shape index (κ1) is 15.4. The minimum atomic E-state index is 0.368. The largest absolute Gasteiger partial charge is 0.494 e. The van der Waals surface area contributed by atoms with E-state index in [0.29, 0.717) is 18.0 Å². The summed E-state index contributed by atoms with van der Waals surface area (Å²) in [5, 5.41) is 0. The molecule has 2 aliphatic carbocycles. The molecular weight excluding hydrogens is 314 g/mol. The van der Waals surface area contributed by atoms with Crippen molar-refractivity contribution in [3.05, 3.63) is 17.0 Å². The molecule has 2 aliphatic heterocycles. The van der Waals surface area contributed by atoms with Crippen molar-refractivity contribution in [1.82, 2.24) is 14.9 Å². The second-order valence-electron chi connectivity index (χ2n) is 7.91. The molecule has 5 rings (SSSR count). The molecule has 2 N–H and O–H groups in total. The second-order valence-corrected chi connectivity index (χ2v) is 7.91. The Bertz CT molecular complexity index is 723. The number of allylic oxidation sites excluding steroid dienone is 1. The van der Waals surface area contributed by atoms with Gasteiger partial charge in [-0.3, -0.25) is 0 Å². The summed E-state index contributed by atoms with van der Waals surface area (Å²) in [7, 11) is 2.18. The zero-order chi connectivity index (χ0) is 17.0. The van der Waals surface area contributed by atoms with Crippen LogP contribution in [0.15, 0.2) is 5.76 Å². The van der Waals surface area contributed by atoms with Gasteiger partial charge in [-0.2, -0.15) is 4.98 Å². The first-order chi connectivity index (χ1) is 12.2. The van der Waals surface area contributed by atoms with Gasteiger partial charge in [0.25, 0.3) is 0 Å². The van der Waals surface area contributed by atoms with Crippen LogP contribution in [0.3, 0.4) is 0 Å². The highest BCUT2D eigenvalue weighted by atomic mass is 16.5. The molecule has 3 heterocycles. The topological polar surface area (TPSA) is 67.5 Å². The normalized spacial score (nSPS) is 29.1. The van der Waals surface area contributed by atoms with Gasteiger partial charge in [-0.15, -0.1) is 0 Å². The Balaban J connectivity index is 1.56. The minimum absolute atomic E-state index is 0.368. The molecule has 6 heteroatoms. The summed E-state index contributed by atoms with van der Waals surface area (Å²) in [5.41, 5.74) is 9.89. The molecule has 0 amide bonds. The molecule has 2 unspecified atom stereocenters. The van der Waals surface area contributed by atoms with Gasteiger partial charge in [0.05, 0.1) is 5.69 Å². The van der Waals surface area contributed by atoms with Crippen LogP contribution in [0.2, 0.25) is 0 Å². The lowest BCUT2D eigenvalue weighted by Crippen LogP contribution is -2.45. The van der Waals surface area contributed by atoms with E-state index in [0.717, 1.165) is 50.5 Å². The molecule has 1 aromatic rings. The quantitative estimate of drug-likeness (QED) is 0.843. The Hall–Kier alpha value is -1.82. The molecule has 1 saturated carbocycles. The maximum atomic E-state index is 6.32. The van der Waals surface area contributed by atoms with Crippen LogP contribution < -0.4 is 10.6 Å². The van der Waals surface area contributed by atoms with Crippen LogP contribution in [0.4, 0.5) is 11.8 Å². The first-order valence-corrected chi connectivity index (χ1v) is 9.70. The van der Waals surface area contributed by atoms with Crippen molar-refractivity contribution in [2.75, 3.05) is 43.9 Å². The van der Waals surface area contributed by atoms with Gasteiger partial charge >= 0.3 is 0 Å². The summed E-state index contributed by atoms with van der Waals surface area (Å²) in [4.78, 5) is 14.1. The Morgan fingerprint density at radius 2 is 1.84 bits per heavy atom. The highest BCUT2D eigenvalue weighted by Gasteiger charge is 2.42. The standard InChI is InChI=1S/C19H27N5O/c1-23-8-10-24(11-9-23)18-13-6-7-15-16(17(13)21-19(20)22-18)12-4-2-3-5-14(12)25-15/h12,14H,2-11H2,1H3,(H2,20,21,22). The lowest BCUT2D eigenvalue weighted by atomic mass is 9.78. The number of rotatable bonds is 1. The van der Waals surface area contributed by atoms with Crippen molar-refractivity contribution in [1.29, 1.82) is 0 Å². The second kappa shape index (κ2) is 5.87. The molecule has 0 spiro atoms. The fraction of sp³-hybridized carbons (Fsp3) is 0.684. The van der Waals surface area contributed by atoms with Crippen molar-refractivity contribution in [2.45, 2.75) is 44.6 Å². The number of fused-ring (bicyclic) bond motifs is 4. The molecule has 25 heavy (non-hydrogen) atoms. The number of ether oxygens (including phenoxy) is 1. The third-order valence-corrected chi connectivity index (χ3v) is 6.33. The van der Waals surface area contributed by atoms with E-state index in [9.17, 15) is 0 Å². The molecule has 134 valence electrons. The van der Waals surface area contributed by atoms with E-state index < -0.39 is 0 Å². The van der Waals surface area contributed by atoms with Crippen LogP contribution in [0.5, 0.6) is 0 Å². The van der Waals surface area contributed by atoms with Crippen LogP contribution in [-0.2, 0) is 11.2 Å². The lowest BCUT2D eigenvalue weighted by Gasteiger charge is -2.35. The van der Waals surface area contributed by atoms with Gasteiger partial charge in [-0.05, 0) is 32.7 Å². The molecule has 2 atom stereocenters.